The fourth-order valence-corrected chi connectivity index (χ4v) is 2.30. The van der Waals surface area contributed by atoms with E-state index < -0.39 is 18.0 Å². The maximum atomic E-state index is 12.3. The van der Waals surface area contributed by atoms with Crippen LogP contribution in [0.15, 0.2) is 73.3 Å². The molecule has 0 aliphatic carbocycles. The number of benzene rings is 2. The van der Waals surface area contributed by atoms with Crippen LogP contribution in [-0.2, 0) is 27.6 Å². The summed E-state index contributed by atoms with van der Waals surface area (Å²) in [6.07, 6.45) is 1.98. The van der Waals surface area contributed by atoms with Gasteiger partial charge in [0.1, 0.15) is 12.6 Å². The minimum absolute atomic E-state index is 0.132. The van der Waals surface area contributed by atoms with E-state index in [-0.39, 0.29) is 13.2 Å². The van der Waals surface area contributed by atoms with E-state index in [1.54, 1.807) is 6.08 Å². The first-order chi connectivity index (χ1) is 13.2. The van der Waals surface area contributed by atoms with Crippen LogP contribution < -0.4 is 10.8 Å². The van der Waals surface area contributed by atoms with Crippen LogP contribution in [-0.4, -0.2) is 18.0 Å². The number of carbonyl (C=O) groups is 2. The van der Waals surface area contributed by atoms with Crippen molar-refractivity contribution in [3.8, 4) is 0 Å². The van der Waals surface area contributed by atoms with E-state index in [4.69, 9.17) is 9.57 Å². The summed E-state index contributed by atoms with van der Waals surface area (Å²) in [5.74, 6) is -0.440. The van der Waals surface area contributed by atoms with E-state index in [2.05, 4.69) is 17.4 Å². The van der Waals surface area contributed by atoms with Crippen molar-refractivity contribution >= 4 is 12.0 Å². The van der Waals surface area contributed by atoms with E-state index in [1.807, 2.05) is 60.7 Å². The Morgan fingerprint density at radius 2 is 1.56 bits per heavy atom. The lowest BCUT2D eigenvalue weighted by molar-refractivity contribution is -0.136. The van der Waals surface area contributed by atoms with Crippen molar-refractivity contribution in [2.45, 2.75) is 32.1 Å². The molecule has 1 atom stereocenters. The van der Waals surface area contributed by atoms with Gasteiger partial charge in [-0.25, -0.2) is 10.3 Å². The molecule has 0 bridgehead atoms. The van der Waals surface area contributed by atoms with Gasteiger partial charge in [-0.1, -0.05) is 66.7 Å². The van der Waals surface area contributed by atoms with Crippen molar-refractivity contribution in [2.75, 3.05) is 0 Å². The summed E-state index contributed by atoms with van der Waals surface area (Å²) in [7, 11) is 0. The standard InChI is InChI=1S/C21H24N2O4/c1-2-3-14-19(20(24)23-27-16-18-12-8-5-9-13-18)22-21(25)26-15-17-10-6-4-7-11-17/h2,4-13,19H,1,3,14-16H2,(H,22,25)(H,23,24)/t19-/m0/s1. The van der Waals surface area contributed by atoms with Gasteiger partial charge in [0.15, 0.2) is 0 Å². The van der Waals surface area contributed by atoms with E-state index in [0.29, 0.717) is 12.8 Å². The van der Waals surface area contributed by atoms with Gasteiger partial charge in [0, 0.05) is 0 Å². The third-order valence-electron chi connectivity index (χ3n) is 3.74. The topological polar surface area (TPSA) is 76.7 Å². The number of amides is 2. The first-order valence-electron chi connectivity index (χ1n) is 8.72. The van der Waals surface area contributed by atoms with E-state index in [9.17, 15) is 9.59 Å². The highest BCUT2D eigenvalue weighted by atomic mass is 16.7. The highest BCUT2D eigenvalue weighted by Crippen LogP contribution is 2.04. The number of ether oxygens (including phenoxy) is 1. The Morgan fingerprint density at radius 3 is 2.15 bits per heavy atom. The smallest absolute Gasteiger partial charge is 0.408 e. The predicted octanol–water partition coefficient (Wildman–Crippen LogP) is 3.50. The molecule has 0 aliphatic heterocycles. The normalized spacial score (nSPS) is 11.3. The maximum absolute atomic E-state index is 12.3. The SMILES string of the molecule is C=CCC[C@H](NC(=O)OCc1ccccc1)C(=O)NOCc1ccccc1. The van der Waals surface area contributed by atoms with Crippen LogP contribution in [0.1, 0.15) is 24.0 Å². The fourth-order valence-electron chi connectivity index (χ4n) is 2.30. The molecule has 0 spiro atoms. The first-order valence-corrected chi connectivity index (χ1v) is 8.72. The second-order valence-corrected chi connectivity index (χ2v) is 5.87. The quantitative estimate of drug-likeness (QED) is 0.497. The molecule has 0 aliphatic rings. The molecule has 0 saturated carbocycles. The zero-order valence-corrected chi connectivity index (χ0v) is 15.1. The van der Waals surface area contributed by atoms with Crippen LogP contribution in [0.5, 0.6) is 0 Å². The lowest BCUT2D eigenvalue weighted by Gasteiger charge is -2.17. The molecule has 2 rings (SSSR count). The third-order valence-corrected chi connectivity index (χ3v) is 3.74. The molecule has 0 aromatic heterocycles. The van der Waals surface area contributed by atoms with Crippen molar-refractivity contribution in [3.63, 3.8) is 0 Å². The molecule has 27 heavy (non-hydrogen) atoms. The molecule has 0 unspecified atom stereocenters. The van der Waals surface area contributed by atoms with Crippen LogP contribution in [0.3, 0.4) is 0 Å². The van der Waals surface area contributed by atoms with Gasteiger partial charge in [0.25, 0.3) is 5.91 Å². The van der Waals surface area contributed by atoms with Gasteiger partial charge in [0.05, 0.1) is 6.61 Å². The van der Waals surface area contributed by atoms with Crippen LogP contribution in [0.2, 0.25) is 0 Å². The summed E-state index contributed by atoms with van der Waals surface area (Å²) in [6, 6.07) is 18.0. The van der Waals surface area contributed by atoms with Gasteiger partial charge in [-0.3, -0.25) is 9.63 Å². The van der Waals surface area contributed by atoms with Crippen molar-refractivity contribution in [2.24, 2.45) is 0 Å². The van der Waals surface area contributed by atoms with Crippen molar-refractivity contribution in [1.29, 1.82) is 0 Å². The predicted molar refractivity (Wildman–Crippen MR) is 102 cm³/mol. The Kier molecular flexibility index (Phi) is 8.59. The Balaban J connectivity index is 1.80. The number of hydrogen-bond acceptors (Lipinski definition) is 4. The summed E-state index contributed by atoms with van der Waals surface area (Å²) in [4.78, 5) is 29.6. The minimum Gasteiger partial charge on any atom is -0.445 e. The Labute approximate surface area is 159 Å². The first kappa shape index (κ1) is 20.2. The second kappa shape index (κ2) is 11.5. The average molecular weight is 368 g/mol. The average Bonchev–Trinajstić information content (AvgIpc) is 2.71. The maximum Gasteiger partial charge on any atom is 0.408 e. The third kappa shape index (κ3) is 7.75. The molecule has 6 nitrogen and oxygen atoms in total. The largest absolute Gasteiger partial charge is 0.445 e. The van der Waals surface area contributed by atoms with Crippen LogP contribution in [0.4, 0.5) is 4.79 Å². The molecule has 0 saturated heterocycles. The Bertz CT molecular complexity index is 719. The van der Waals surface area contributed by atoms with Crippen LogP contribution in [0, 0.1) is 0 Å². The summed E-state index contributed by atoms with van der Waals surface area (Å²) in [6.45, 7) is 4.01. The summed E-state index contributed by atoms with van der Waals surface area (Å²) >= 11 is 0. The molecule has 2 N–H and O–H groups in total. The van der Waals surface area contributed by atoms with Gasteiger partial charge < -0.3 is 10.1 Å². The zero-order chi connectivity index (χ0) is 19.3. The lowest BCUT2D eigenvalue weighted by Crippen LogP contribution is -2.46. The van der Waals surface area contributed by atoms with Crippen molar-refractivity contribution in [3.05, 3.63) is 84.4 Å². The number of rotatable bonds is 10. The van der Waals surface area contributed by atoms with Gasteiger partial charge in [0.2, 0.25) is 0 Å². The number of hydrogen-bond donors (Lipinski definition) is 2. The number of carbonyl (C=O) groups excluding carboxylic acids is 2. The van der Waals surface area contributed by atoms with Crippen molar-refractivity contribution < 1.29 is 19.2 Å². The summed E-state index contributed by atoms with van der Waals surface area (Å²) in [5.41, 5.74) is 4.17. The van der Waals surface area contributed by atoms with Gasteiger partial charge in [-0.05, 0) is 24.0 Å². The van der Waals surface area contributed by atoms with Gasteiger partial charge >= 0.3 is 6.09 Å². The number of hydroxylamine groups is 1. The number of alkyl carbamates (subject to hydrolysis) is 1. The van der Waals surface area contributed by atoms with Gasteiger partial charge in [-0.2, -0.15) is 0 Å². The second-order valence-electron chi connectivity index (χ2n) is 5.87. The molecule has 2 aromatic rings. The minimum atomic E-state index is -0.776. The van der Waals surface area contributed by atoms with Crippen molar-refractivity contribution in [1.82, 2.24) is 10.8 Å². The fraction of sp³-hybridized carbons (Fsp3) is 0.238. The zero-order valence-electron chi connectivity index (χ0n) is 15.1. The molecule has 0 fully saturated rings. The molecular weight excluding hydrogens is 344 g/mol. The highest BCUT2D eigenvalue weighted by molar-refractivity contribution is 5.84. The molecule has 6 heteroatoms. The summed E-state index contributed by atoms with van der Waals surface area (Å²) < 4.78 is 5.17. The van der Waals surface area contributed by atoms with E-state index in [1.165, 1.54) is 0 Å². The molecule has 0 heterocycles. The molecular formula is C21H24N2O4. The molecule has 0 radical (unpaired) electrons. The van der Waals surface area contributed by atoms with E-state index >= 15 is 0 Å². The highest BCUT2D eigenvalue weighted by Gasteiger charge is 2.21. The van der Waals surface area contributed by atoms with Crippen LogP contribution in [0.25, 0.3) is 0 Å². The van der Waals surface area contributed by atoms with Crippen LogP contribution >= 0.6 is 0 Å². The van der Waals surface area contributed by atoms with Gasteiger partial charge in [-0.15, -0.1) is 6.58 Å². The Hall–Kier alpha value is -3.12. The Morgan fingerprint density at radius 1 is 0.963 bits per heavy atom. The monoisotopic (exact) mass is 368 g/mol. The van der Waals surface area contributed by atoms with E-state index in [0.717, 1.165) is 11.1 Å². The lowest BCUT2D eigenvalue weighted by atomic mass is 10.1. The summed E-state index contributed by atoms with van der Waals surface area (Å²) in [5, 5.41) is 2.57. The molecule has 2 aromatic carbocycles. The molecule has 2 amide bonds. The molecule has 142 valence electrons. The number of nitrogens with one attached hydrogen (secondary N) is 2. The number of allylic oxidation sites excluding steroid dienone is 1.